The van der Waals surface area contributed by atoms with E-state index in [4.69, 9.17) is 4.42 Å². The van der Waals surface area contributed by atoms with Gasteiger partial charge in [-0.05, 0) is 25.1 Å². The van der Waals surface area contributed by atoms with Gasteiger partial charge in [0.1, 0.15) is 5.76 Å². The van der Waals surface area contributed by atoms with Crippen LogP contribution in [0.3, 0.4) is 0 Å². The molecule has 1 aromatic carbocycles. The van der Waals surface area contributed by atoms with E-state index >= 15 is 0 Å². The van der Waals surface area contributed by atoms with Gasteiger partial charge in [0, 0.05) is 18.7 Å². The van der Waals surface area contributed by atoms with Crippen LogP contribution in [0.15, 0.2) is 40.8 Å². The molecule has 134 valence electrons. The van der Waals surface area contributed by atoms with E-state index < -0.39 is 0 Å². The fourth-order valence-corrected chi connectivity index (χ4v) is 3.04. The molecule has 7 nitrogen and oxygen atoms in total. The normalized spacial score (nSPS) is 13.4. The molecule has 1 aliphatic heterocycles. The molecule has 0 aliphatic carbocycles. The number of fused-ring (bicyclic) bond motifs is 1. The molecule has 4 rings (SSSR count). The van der Waals surface area contributed by atoms with E-state index in [1.54, 1.807) is 0 Å². The number of nitrogens with one attached hydrogen (secondary N) is 2. The van der Waals surface area contributed by atoms with Crippen molar-refractivity contribution in [3.05, 3.63) is 59.2 Å². The minimum absolute atomic E-state index is 0.0925. The van der Waals surface area contributed by atoms with Crippen molar-refractivity contribution in [2.45, 2.75) is 33.0 Å². The van der Waals surface area contributed by atoms with E-state index in [0.717, 1.165) is 36.6 Å². The molecular formula is C19H21N5O2. The molecule has 3 heterocycles. The molecular weight excluding hydrogens is 330 g/mol. The number of amides is 1. The van der Waals surface area contributed by atoms with Crippen molar-refractivity contribution in [1.82, 2.24) is 25.4 Å². The third kappa shape index (κ3) is 3.52. The smallest absolute Gasteiger partial charge is 0.226 e. The van der Waals surface area contributed by atoms with Gasteiger partial charge in [0.25, 0.3) is 0 Å². The summed E-state index contributed by atoms with van der Waals surface area (Å²) in [5.41, 5.74) is 3.59. The first-order chi connectivity index (χ1) is 12.7. The van der Waals surface area contributed by atoms with Gasteiger partial charge in [0.05, 0.1) is 36.6 Å². The summed E-state index contributed by atoms with van der Waals surface area (Å²) in [7, 11) is 0. The van der Waals surface area contributed by atoms with Gasteiger partial charge >= 0.3 is 0 Å². The Bertz CT molecular complexity index is 890. The number of oxazole rings is 1. The van der Waals surface area contributed by atoms with Crippen LogP contribution in [-0.4, -0.2) is 27.2 Å². The van der Waals surface area contributed by atoms with Crippen molar-refractivity contribution in [2.24, 2.45) is 0 Å². The molecule has 0 bridgehead atoms. The minimum atomic E-state index is -0.0925. The van der Waals surface area contributed by atoms with Crippen LogP contribution in [0.2, 0.25) is 0 Å². The zero-order valence-corrected chi connectivity index (χ0v) is 14.7. The van der Waals surface area contributed by atoms with E-state index in [9.17, 15) is 4.79 Å². The van der Waals surface area contributed by atoms with Crippen molar-refractivity contribution in [3.63, 3.8) is 0 Å². The molecule has 2 aromatic heterocycles. The summed E-state index contributed by atoms with van der Waals surface area (Å²) >= 11 is 0. The van der Waals surface area contributed by atoms with Crippen LogP contribution >= 0.6 is 0 Å². The highest BCUT2D eigenvalue weighted by molar-refractivity contribution is 5.78. The third-order valence-electron chi connectivity index (χ3n) is 4.43. The van der Waals surface area contributed by atoms with E-state index in [1.807, 2.05) is 48.0 Å². The van der Waals surface area contributed by atoms with Crippen LogP contribution in [0.1, 0.15) is 22.8 Å². The Hall–Kier alpha value is -2.93. The Morgan fingerprint density at radius 1 is 1.35 bits per heavy atom. The van der Waals surface area contributed by atoms with Crippen molar-refractivity contribution in [1.29, 1.82) is 0 Å². The van der Waals surface area contributed by atoms with Crippen molar-refractivity contribution in [3.8, 4) is 11.5 Å². The lowest BCUT2D eigenvalue weighted by atomic mass is 10.2. The predicted molar refractivity (Wildman–Crippen MR) is 96.2 cm³/mol. The first-order valence-corrected chi connectivity index (χ1v) is 8.74. The molecule has 0 spiro atoms. The summed E-state index contributed by atoms with van der Waals surface area (Å²) in [6, 6.07) is 11.7. The van der Waals surface area contributed by atoms with Crippen molar-refractivity contribution >= 4 is 5.91 Å². The molecule has 0 saturated carbocycles. The van der Waals surface area contributed by atoms with E-state index in [0.29, 0.717) is 23.9 Å². The maximum atomic E-state index is 12.3. The lowest BCUT2D eigenvalue weighted by Gasteiger charge is -2.13. The SMILES string of the molecule is Cc1oc(-c2ccccc2)nc1CC(=O)NCc1cc2n(n1)CCNC2. The largest absolute Gasteiger partial charge is 0.441 e. The van der Waals surface area contributed by atoms with Gasteiger partial charge in [-0.15, -0.1) is 0 Å². The molecule has 0 radical (unpaired) electrons. The van der Waals surface area contributed by atoms with Gasteiger partial charge in [0.15, 0.2) is 0 Å². The Morgan fingerprint density at radius 3 is 3.00 bits per heavy atom. The van der Waals surface area contributed by atoms with E-state index in [1.165, 1.54) is 0 Å². The van der Waals surface area contributed by atoms with Crippen molar-refractivity contribution in [2.75, 3.05) is 6.54 Å². The lowest BCUT2D eigenvalue weighted by Crippen LogP contribution is -2.28. The second-order valence-electron chi connectivity index (χ2n) is 6.37. The highest BCUT2D eigenvalue weighted by atomic mass is 16.4. The number of hydrogen-bond donors (Lipinski definition) is 2. The van der Waals surface area contributed by atoms with Gasteiger partial charge < -0.3 is 15.1 Å². The number of aromatic nitrogens is 3. The Kier molecular flexibility index (Phi) is 4.53. The lowest BCUT2D eigenvalue weighted by molar-refractivity contribution is -0.120. The third-order valence-corrected chi connectivity index (χ3v) is 4.43. The summed E-state index contributed by atoms with van der Waals surface area (Å²) < 4.78 is 7.70. The van der Waals surface area contributed by atoms with Crippen LogP contribution in [0.5, 0.6) is 0 Å². The monoisotopic (exact) mass is 351 g/mol. The zero-order valence-electron chi connectivity index (χ0n) is 14.7. The van der Waals surface area contributed by atoms with E-state index in [2.05, 4.69) is 20.7 Å². The fraction of sp³-hybridized carbons (Fsp3) is 0.316. The van der Waals surface area contributed by atoms with Gasteiger partial charge in [-0.1, -0.05) is 18.2 Å². The highest BCUT2D eigenvalue weighted by Crippen LogP contribution is 2.21. The van der Waals surface area contributed by atoms with Crippen LogP contribution in [0, 0.1) is 6.92 Å². The topological polar surface area (TPSA) is 85.0 Å². The molecule has 0 saturated heterocycles. The maximum absolute atomic E-state index is 12.3. The predicted octanol–water partition coefficient (Wildman–Crippen LogP) is 1.81. The first kappa shape index (κ1) is 16.5. The average molecular weight is 351 g/mol. The number of rotatable bonds is 5. The molecule has 3 aromatic rings. The van der Waals surface area contributed by atoms with E-state index in [-0.39, 0.29) is 12.3 Å². The number of carbonyl (C=O) groups excluding carboxylic acids is 1. The standard InChI is InChI=1S/C19H21N5O2/c1-13-17(22-19(26-13)14-5-3-2-4-6-14)10-18(25)21-11-15-9-16-12-20-7-8-24(16)23-15/h2-6,9,20H,7-8,10-12H2,1H3,(H,21,25). The second-order valence-corrected chi connectivity index (χ2v) is 6.37. The van der Waals surface area contributed by atoms with Crippen LogP contribution in [-0.2, 0) is 30.8 Å². The van der Waals surface area contributed by atoms with Crippen LogP contribution < -0.4 is 10.6 Å². The summed E-state index contributed by atoms with van der Waals surface area (Å²) in [4.78, 5) is 16.8. The fourth-order valence-electron chi connectivity index (χ4n) is 3.04. The van der Waals surface area contributed by atoms with Gasteiger partial charge in [0.2, 0.25) is 11.8 Å². The molecule has 0 atom stereocenters. The Morgan fingerprint density at radius 2 is 2.19 bits per heavy atom. The highest BCUT2D eigenvalue weighted by Gasteiger charge is 2.16. The number of benzene rings is 1. The summed E-state index contributed by atoms with van der Waals surface area (Å²) in [5, 5.41) is 10.7. The average Bonchev–Trinajstić information content (AvgIpc) is 3.24. The second kappa shape index (κ2) is 7.13. The summed E-state index contributed by atoms with van der Waals surface area (Å²) in [6.45, 7) is 4.86. The summed E-state index contributed by atoms with van der Waals surface area (Å²) in [6.07, 6.45) is 0.192. The minimum Gasteiger partial charge on any atom is -0.441 e. The molecule has 0 fully saturated rings. The van der Waals surface area contributed by atoms with Crippen LogP contribution in [0.25, 0.3) is 11.5 Å². The maximum Gasteiger partial charge on any atom is 0.226 e. The number of carbonyl (C=O) groups is 1. The van der Waals surface area contributed by atoms with Gasteiger partial charge in [-0.2, -0.15) is 5.10 Å². The van der Waals surface area contributed by atoms with Crippen molar-refractivity contribution < 1.29 is 9.21 Å². The quantitative estimate of drug-likeness (QED) is 0.732. The molecule has 26 heavy (non-hydrogen) atoms. The number of aryl methyl sites for hydroxylation is 1. The zero-order chi connectivity index (χ0) is 17.9. The van der Waals surface area contributed by atoms with Crippen LogP contribution in [0.4, 0.5) is 0 Å². The van der Waals surface area contributed by atoms with Gasteiger partial charge in [-0.25, -0.2) is 4.98 Å². The first-order valence-electron chi connectivity index (χ1n) is 8.74. The number of hydrogen-bond acceptors (Lipinski definition) is 5. The molecule has 1 amide bonds. The number of nitrogens with zero attached hydrogens (tertiary/aromatic N) is 3. The summed E-state index contributed by atoms with van der Waals surface area (Å²) in [5.74, 6) is 1.12. The van der Waals surface area contributed by atoms with Gasteiger partial charge in [-0.3, -0.25) is 9.48 Å². The molecule has 0 unspecified atom stereocenters. The Balaban J connectivity index is 1.37. The Labute approximate surface area is 151 Å². The molecule has 2 N–H and O–H groups in total. The molecule has 7 heteroatoms. The molecule has 1 aliphatic rings.